The van der Waals surface area contributed by atoms with Gasteiger partial charge >= 0.3 is 0 Å². The van der Waals surface area contributed by atoms with Crippen LogP contribution in [0.15, 0.2) is 24.3 Å². The largest absolute Gasteiger partial charge is 0.381 e. The lowest BCUT2D eigenvalue weighted by molar-refractivity contribution is -0.119. The molecule has 1 atom stereocenters. The van der Waals surface area contributed by atoms with Crippen molar-refractivity contribution in [1.29, 1.82) is 0 Å². The molecule has 7 heteroatoms. The van der Waals surface area contributed by atoms with Crippen molar-refractivity contribution in [2.45, 2.75) is 39.2 Å². The molecule has 3 N–H and O–H groups in total. The van der Waals surface area contributed by atoms with Crippen LogP contribution >= 0.6 is 23.7 Å². The molecule has 142 valence electrons. The van der Waals surface area contributed by atoms with Gasteiger partial charge in [-0.2, -0.15) is 0 Å². The van der Waals surface area contributed by atoms with Crippen LogP contribution in [-0.4, -0.2) is 30.1 Å². The molecule has 3 rings (SSSR count). The van der Waals surface area contributed by atoms with Crippen molar-refractivity contribution in [2.24, 2.45) is 11.7 Å². The summed E-state index contributed by atoms with van der Waals surface area (Å²) in [5, 5.41) is 3.53. The number of nitrogens with zero attached hydrogens (tertiary/aromatic N) is 1. The molecule has 1 aliphatic rings. The predicted molar refractivity (Wildman–Crippen MR) is 108 cm³/mol. The summed E-state index contributed by atoms with van der Waals surface area (Å²) in [4.78, 5) is 18.1. The number of rotatable bonds is 5. The molecule has 0 spiro atoms. The maximum Gasteiger partial charge on any atom is 0.243 e. The zero-order valence-corrected chi connectivity index (χ0v) is 16.8. The third kappa shape index (κ3) is 5.27. The van der Waals surface area contributed by atoms with Gasteiger partial charge in [-0.25, -0.2) is 4.98 Å². The van der Waals surface area contributed by atoms with E-state index in [0.29, 0.717) is 18.3 Å². The number of nitrogens with one attached hydrogen (secondary N) is 1. The van der Waals surface area contributed by atoms with Gasteiger partial charge in [0.2, 0.25) is 5.91 Å². The van der Waals surface area contributed by atoms with Gasteiger partial charge in [0, 0.05) is 24.5 Å². The molecule has 2 aromatic rings. The monoisotopic (exact) mass is 395 g/mol. The zero-order valence-electron chi connectivity index (χ0n) is 15.2. The molecule has 1 unspecified atom stereocenters. The molecule has 26 heavy (non-hydrogen) atoms. The number of anilines is 1. The van der Waals surface area contributed by atoms with Crippen LogP contribution in [0.3, 0.4) is 0 Å². The van der Waals surface area contributed by atoms with Crippen LogP contribution in [0.2, 0.25) is 0 Å². The minimum absolute atomic E-state index is 0. The van der Waals surface area contributed by atoms with E-state index in [4.69, 9.17) is 10.5 Å². The van der Waals surface area contributed by atoms with Gasteiger partial charge in [0.15, 0.2) is 5.13 Å². The Labute approximate surface area is 164 Å². The molecule has 0 saturated carbocycles. The van der Waals surface area contributed by atoms with E-state index in [1.165, 1.54) is 27.3 Å². The molecule has 1 aliphatic heterocycles. The number of benzene rings is 1. The number of thiazole rings is 1. The number of hydrogen-bond acceptors (Lipinski definition) is 5. The summed E-state index contributed by atoms with van der Waals surface area (Å²) in [6.45, 7) is 5.43. The number of carbonyl (C=O) groups excluding carboxylic acids is 1. The Bertz CT molecular complexity index is 727. The van der Waals surface area contributed by atoms with Crippen LogP contribution < -0.4 is 11.1 Å². The van der Waals surface area contributed by atoms with E-state index in [0.717, 1.165) is 25.0 Å². The molecule has 0 aliphatic carbocycles. The summed E-state index contributed by atoms with van der Waals surface area (Å²) in [5.74, 6) is 0.0318. The Balaban J connectivity index is 0.00000243. The van der Waals surface area contributed by atoms with Gasteiger partial charge < -0.3 is 15.8 Å². The van der Waals surface area contributed by atoms with E-state index in [1.807, 2.05) is 6.92 Å². The van der Waals surface area contributed by atoms with Gasteiger partial charge in [0.05, 0.1) is 11.7 Å². The molecular formula is C19H26ClN3O2S. The quantitative estimate of drug-likeness (QED) is 0.812. The van der Waals surface area contributed by atoms with Crippen molar-refractivity contribution in [3.8, 4) is 0 Å². The number of carbonyl (C=O) groups is 1. The molecule has 0 bridgehead atoms. The van der Waals surface area contributed by atoms with E-state index < -0.39 is 6.04 Å². The predicted octanol–water partition coefficient (Wildman–Crippen LogP) is 3.46. The molecule has 5 nitrogen and oxygen atoms in total. The van der Waals surface area contributed by atoms with Gasteiger partial charge in [0.25, 0.3) is 0 Å². The first kappa shape index (κ1) is 20.8. The third-order valence-corrected chi connectivity index (χ3v) is 5.76. The van der Waals surface area contributed by atoms with Crippen LogP contribution in [0.25, 0.3) is 0 Å². The lowest BCUT2D eigenvalue weighted by atomic mass is 9.92. The van der Waals surface area contributed by atoms with E-state index in [2.05, 4.69) is 41.5 Å². The first-order valence-corrected chi connectivity index (χ1v) is 9.50. The number of ether oxygens (including phenoxy) is 1. The van der Waals surface area contributed by atoms with Crippen LogP contribution in [0.1, 0.15) is 34.5 Å². The summed E-state index contributed by atoms with van der Waals surface area (Å²) < 4.78 is 5.33. The maximum absolute atomic E-state index is 12.4. The highest BCUT2D eigenvalue weighted by Crippen LogP contribution is 2.26. The molecular weight excluding hydrogens is 370 g/mol. The van der Waals surface area contributed by atoms with Crippen LogP contribution in [0.5, 0.6) is 0 Å². The van der Waals surface area contributed by atoms with Crippen molar-refractivity contribution in [1.82, 2.24) is 4.98 Å². The highest BCUT2D eigenvalue weighted by atomic mass is 35.5. The average Bonchev–Trinajstić information content (AvgIpc) is 2.96. The van der Waals surface area contributed by atoms with E-state index in [1.54, 1.807) is 0 Å². The van der Waals surface area contributed by atoms with Crippen molar-refractivity contribution in [3.63, 3.8) is 0 Å². The summed E-state index contributed by atoms with van der Waals surface area (Å²) >= 11 is 1.53. The number of aromatic nitrogens is 1. The smallest absolute Gasteiger partial charge is 0.243 e. The molecule has 1 fully saturated rings. The summed E-state index contributed by atoms with van der Waals surface area (Å²) in [5.41, 5.74) is 9.58. The van der Waals surface area contributed by atoms with E-state index >= 15 is 0 Å². The molecule has 1 saturated heterocycles. The highest BCUT2D eigenvalue weighted by Gasteiger charge is 2.27. The number of nitrogens with two attached hydrogens (primary N) is 1. The number of aryl methyl sites for hydroxylation is 2. The Morgan fingerprint density at radius 2 is 1.96 bits per heavy atom. The van der Waals surface area contributed by atoms with E-state index in [9.17, 15) is 4.79 Å². The van der Waals surface area contributed by atoms with Crippen molar-refractivity contribution < 1.29 is 9.53 Å². The fourth-order valence-corrected chi connectivity index (χ4v) is 4.01. The van der Waals surface area contributed by atoms with Crippen LogP contribution in [0.4, 0.5) is 5.13 Å². The SMILES string of the molecule is Cc1ccc(Cc2sc(NC(=O)C(N)C3CCOCC3)nc2C)cc1.Cl. The number of halogens is 1. The fraction of sp³-hybridized carbons (Fsp3) is 0.474. The highest BCUT2D eigenvalue weighted by molar-refractivity contribution is 7.15. The minimum atomic E-state index is -0.506. The second kappa shape index (κ2) is 9.46. The van der Waals surface area contributed by atoms with Gasteiger partial charge in [-0.1, -0.05) is 29.8 Å². The maximum atomic E-state index is 12.4. The standard InChI is InChI=1S/C19H25N3O2S.ClH/c1-12-3-5-14(6-4-12)11-16-13(2)21-19(25-16)22-18(23)17(20)15-7-9-24-10-8-15;/h3-6,15,17H,7-11,20H2,1-2H3,(H,21,22,23);1H. The number of amides is 1. The van der Waals surface area contributed by atoms with Gasteiger partial charge in [0.1, 0.15) is 0 Å². The molecule has 2 heterocycles. The second-order valence-corrected chi connectivity index (χ2v) is 7.74. The molecule has 0 radical (unpaired) electrons. The summed E-state index contributed by atoms with van der Waals surface area (Å²) in [7, 11) is 0. The Morgan fingerprint density at radius 3 is 2.62 bits per heavy atom. The van der Waals surface area contributed by atoms with Gasteiger partial charge in [-0.05, 0) is 38.2 Å². The summed E-state index contributed by atoms with van der Waals surface area (Å²) in [6.07, 6.45) is 2.50. The lowest BCUT2D eigenvalue weighted by Gasteiger charge is -2.26. The Morgan fingerprint density at radius 1 is 1.31 bits per heavy atom. The average molecular weight is 396 g/mol. The lowest BCUT2D eigenvalue weighted by Crippen LogP contribution is -2.43. The zero-order chi connectivity index (χ0) is 17.8. The fourth-order valence-electron chi connectivity index (χ4n) is 3.01. The van der Waals surface area contributed by atoms with Gasteiger partial charge in [-0.3, -0.25) is 4.79 Å². The molecule has 1 amide bonds. The normalized spacial score (nSPS) is 16.0. The second-order valence-electron chi connectivity index (χ2n) is 6.65. The van der Waals surface area contributed by atoms with Gasteiger partial charge in [-0.15, -0.1) is 23.7 Å². The summed E-state index contributed by atoms with van der Waals surface area (Å²) in [6, 6.07) is 7.98. The van der Waals surface area contributed by atoms with Crippen LogP contribution in [-0.2, 0) is 16.0 Å². The van der Waals surface area contributed by atoms with Crippen molar-refractivity contribution in [3.05, 3.63) is 46.0 Å². The van der Waals surface area contributed by atoms with Crippen LogP contribution in [0, 0.1) is 19.8 Å². The number of hydrogen-bond donors (Lipinski definition) is 2. The van der Waals surface area contributed by atoms with Crippen molar-refractivity contribution >= 4 is 34.8 Å². The first-order valence-electron chi connectivity index (χ1n) is 8.69. The van der Waals surface area contributed by atoms with E-state index in [-0.39, 0.29) is 24.2 Å². The third-order valence-electron chi connectivity index (χ3n) is 4.68. The molecule has 1 aromatic carbocycles. The Hall–Kier alpha value is -1.47. The topological polar surface area (TPSA) is 77.2 Å². The van der Waals surface area contributed by atoms with Crippen molar-refractivity contribution in [2.75, 3.05) is 18.5 Å². The minimum Gasteiger partial charge on any atom is -0.381 e. The first-order chi connectivity index (χ1) is 12.0. The Kier molecular flexibility index (Phi) is 7.58. The molecule has 1 aromatic heterocycles.